The normalized spacial score (nSPS) is 10.1. The Labute approximate surface area is 75.6 Å². The molecule has 4 heteroatoms. The standard InChI is InChI=1S/C9H9FNO2/c1-6(12)7-3-4-11-8(5-13-2)9(7)10/h3-4H,1,5H2,2H3. The maximum Gasteiger partial charge on any atom is 0.166 e. The quantitative estimate of drug-likeness (QED) is 0.663. The van der Waals surface area contributed by atoms with Crippen molar-refractivity contribution in [3.63, 3.8) is 0 Å². The second kappa shape index (κ2) is 4.09. The second-order valence-electron chi connectivity index (χ2n) is 2.48. The Bertz CT molecular complexity index is 325. The van der Waals surface area contributed by atoms with E-state index in [1.807, 2.05) is 0 Å². The molecule has 0 saturated heterocycles. The molecule has 0 unspecified atom stereocenters. The topological polar surface area (TPSA) is 39.2 Å². The number of halogens is 1. The SMILES string of the molecule is [CH2]C(=O)c1ccnc(COC)c1F. The minimum absolute atomic E-state index is 0.0486. The third-order valence-corrected chi connectivity index (χ3v) is 1.54. The molecule has 1 aromatic heterocycles. The molecule has 1 heterocycles. The molecular formula is C9H9FNO2. The number of hydrogen-bond donors (Lipinski definition) is 0. The average molecular weight is 182 g/mol. The van der Waals surface area contributed by atoms with Gasteiger partial charge in [-0.2, -0.15) is 0 Å². The van der Waals surface area contributed by atoms with Gasteiger partial charge in [0.1, 0.15) is 5.69 Å². The maximum absolute atomic E-state index is 13.3. The highest BCUT2D eigenvalue weighted by atomic mass is 19.1. The van der Waals surface area contributed by atoms with Crippen molar-refractivity contribution in [3.8, 4) is 0 Å². The molecule has 3 nitrogen and oxygen atoms in total. The van der Waals surface area contributed by atoms with Gasteiger partial charge in [-0.3, -0.25) is 9.78 Å². The molecule has 0 bridgehead atoms. The van der Waals surface area contributed by atoms with Gasteiger partial charge in [-0.05, 0) is 6.07 Å². The number of ketones is 1. The van der Waals surface area contributed by atoms with Crippen LogP contribution in [0.1, 0.15) is 16.1 Å². The third kappa shape index (κ3) is 2.09. The third-order valence-electron chi connectivity index (χ3n) is 1.54. The van der Waals surface area contributed by atoms with Gasteiger partial charge in [0.05, 0.1) is 12.2 Å². The van der Waals surface area contributed by atoms with Crippen LogP contribution in [0.15, 0.2) is 12.3 Å². The molecule has 1 aromatic rings. The first-order valence-corrected chi connectivity index (χ1v) is 3.65. The zero-order valence-corrected chi connectivity index (χ0v) is 7.21. The van der Waals surface area contributed by atoms with Crippen molar-refractivity contribution in [3.05, 3.63) is 36.3 Å². The minimum Gasteiger partial charge on any atom is -0.378 e. The largest absolute Gasteiger partial charge is 0.378 e. The highest BCUT2D eigenvalue weighted by Gasteiger charge is 2.11. The summed E-state index contributed by atoms with van der Waals surface area (Å²) in [4.78, 5) is 14.5. The number of aromatic nitrogens is 1. The van der Waals surface area contributed by atoms with Crippen LogP contribution in [0.3, 0.4) is 0 Å². The predicted molar refractivity (Wildman–Crippen MR) is 44.6 cm³/mol. The van der Waals surface area contributed by atoms with Gasteiger partial charge in [-0.25, -0.2) is 4.39 Å². The van der Waals surface area contributed by atoms with Crippen LogP contribution in [-0.2, 0) is 11.3 Å². The predicted octanol–water partition coefficient (Wildman–Crippen LogP) is 1.38. The number of carbonyl (C=O) groups is 1. The van der Waals surface area contributed by atoms with Crippen LogP contribution < -0.4 is 0 Å². The summed E-state index contributed by atoms with van der Waals surface area (Å²) >= 11 is 0. The van der Waals surface area contributed by atoms with Gasteiger partial charge >= 0.3 is 0 Å². The molecule has 0 atom stereocenters. The van der Waals surface area contributed by atoms with Gasteiger partial charge in [-0.15, -0.1) is 0 Å². The van der Waals surface area contributed by atoms with E-state index in [1.54, 1.807) is 0 Å². The van der Waals surface area contributed by atoms with Crippen LogP contribution in [0.4, 0.5) is 4.39 Å². The molecule has 0 aromatic carbocycles. The fraction of sp³-hybridized carbons (Fsp3) is 0.222. The molecular weight excluding hydrogens is 173 g/mol. The summed E-state index contributed by atoms with van der Waals surface area (Å²) in [5.74, 6) is -1.21. The van der Waals surface area contributed by atoms with Gasteiger partial charge in [-0.1, -0.05) is 0 Å². The summed E-state index contributed by atoms with van der Waals surface area (Å²) in [7, 11) is 1.43. The summed E-state index contributed by atoms with van der Waals surface area (Å²) in [6, 6.07) is 1.30. The first kappa shape index (κ1) is 9.80. The molecule has 0 fully saturated rings. The van der Waals surface area contributed by atoms with E-state index < -0.39 is 11.6 Å². The van der Waals surface area contributed by atoms with E-state index in [1.165, 1.54) is 19.4 Å². The Kier molecular flexibility index (Phi) is 3.08. The van der Waals surface area contributed by atoms with E-state index in [4.69, 9.17) is 4.74 Å². The second-order valence-corrected chi connectivity index (χ2v) is 2.48. The van der Waals surface area contributed by atoms with Crippen LogP contribution in [0.5, 0.6) is 0 Å². The lowest BCUT2D eigenvalue weighted by atomic mass is 10.1. The zero-order chi connectivity index (χ0) is 9.84. The van der Waals surface area contributed by atoms with Crippen LogP contribution in [0.25, 0.3) is 0 Å². The van der Waals surface area contributed by atoms with E-state index in [0.717, 1.165) is 0 Å². The molecule has 1 rings (SSSR count). The van der Waals surface area contributed by atoms with Crippen molar-refractivity contribution in [2.45, 2.75) is 6.61 Å². The fourth-order valence-corrected chi connectivity index (χ4v) is 0.940. The number of methoxy groups -OCH3 is 1. The van der Waals surface area contributed by atoms with Gasteiger partial charge in [0.2, 0.25) is 0 Å². The number of carbonyl (C=O) groups excluding carboxylic acids is 1. The molecule has 13 heavy (non-hydrogen) atoms. The molecule has 0 saturated carbocycles. The van der Waals surface area contributed by atoms with E-state index in [9.17, 15) is 9.18 Å². The molecule has 0 spiro atoms. The van der Waals surface area contributed by atoms with Crippen LogP contribution >= 0.6 is 0 Å². The highest BCUT2D eigenvalue weighted by Crippen LogP contribution is 2.11. The van der Waals surface area contributed by atoms with Crippen molar-refractivity contribution >= 4 is 5.78 Å². The number of hydrogen-bond acceptors (Lipinski definition) is 3. The summed E-state index contributed by atoms with van der Waals surface area (Å²) in [6.07, 6.45) is 1.36. The van der Waals surface area contributed by atoms with Crippen LogP contribution in [0.2, 0.25) is 0 Å². The Morgan fingerprint density at radius 2 is 2.46 bits per heavy atom. The Hall–Kier alpha value is -1.29. The number of rotatable bonds is 3. The van der Waals surface area contributed by atoms with Gasteiger partial charge < -0.3 is 4.74 Å². The highest BCUT2D eigenvalue weighted by molar-refractivity contribution is 5.99. The van der Waals surface area contributed by atoms with Gasteiger partial charge in [0.25, 0.3) is 0 Å². The average Bonchev–Trinajstić information content (AvgIpc) is 2.08. The summed E-state index contributed by atoms with van der Waals surface area (Å²) in [6.45, 7) is 3.17. The number of pyridine rings is 1. The Morgan fingerprint density at radius 1 is 1.77 bits per heavy atom. The van der Waals surface area contributed by atoms with Crippen LogP contribution in [-0.4, -0.2) is 17.9 Å². The Morgan fingerprint density at radius 3 is 3.00 bits per heavy atom. The van der Waals surface area contributed by atoms with Crippen molar-refractivity contribution in [2.24, 2.45) is 0 Å². The zero-order valence-electron chi connectivity index (χ0n) is 7.21. The van der Waals surface area contributed by atoms with E-state index >= 15 is 0 Å². The first-order valence-electron chi connectivity index (χ1n) is 3.65. The van der Waals surface area contributed by atoms with E-state index in [0.29, 0.717) is 0 Å². The van der Waals surface area contributed by atoms with E-state index in [-0.39, 0.29) is 17.9 Å². The number of nitrogens with zero attached hydrogens (tertiary/aromatic N) is 1. The first-order chi connectivity index (χ1) is 6.16. The molecule has 69 valence electrons. The van der Waals surface area contributed by atoms with Crippen LogP contribution in [0, 0.1) is 12.7 Å². The minimum atomic E-state index is -0.649. The molecule has 0 amide bonds. The lowest BCUT2D eigenvalue weighted by Crippen LogP contribution is -2.04. The molecule has 0 aliphatic rings. The van der Waals surface area contributed by atoms with E-state index in [2.05, 4.69) is 11.9 Å². The van der Waals surface area contributed by atoms with Crippen molar-refractivity contribution in [1.29, 1.82) is 0 Å². The van der Waals surface area contributed by atoms with Gasteiger partial charge in [0, 0.05) is 20.2 Å². The molecule has 1 radical (unpaired) electrons. The number of Topliss-reactive ketones (excluding diaryl/α,β-unsaturated/α-hetero) is 1. The van der Waals surface area contributed by atoms with Crippen molar-refractivity contribution in [1.82, 2.24) is 4.98 Å². The molecule has 0 aliphatic carbocycles. The Balaban J connectivity index is 3.10. The molecule has 0 aliphatic heterocycles. The lowest BCUT2D eigenvalue weighted by Gasteiger charge is -2.03. The number of ether oxygens (including phenoxy) is 1. The lowest BCUT2D eigenvalue weighted by molar-refractivity contribution is 0.103. The smallest absolute Gasteiger partial charge is 0.166 e. The summed E-state index contributed by atoms with van der Waals surface area (Å²) in [5, 5.41) is 0. The van der Waals surface area contributed by atoms with Crippen molar-refractivity contribution in [2.75, 3.05) is 7.11 Å². The monoisotopic (exact) mass is 182 g/mol. The summed E-state index contributed by atoms with van der Waals surface area (Å²) in [5.41, 5.74) is 0.0686. The fourth-order valence-electron chi connectivity index (χ4n) is 0.940. The molecule has 0 N–H and O–H groups in total. The van der Waals surface area contributed by atoms with Crippen molar-refractivity contribution < 1.29 is 13.9 Å². The maximum atomic E-state index is 13.3. The summed E-state index contributed by atoms with van der Waals surface area (Å²) < 4.78 is 18.0. The van der Waals surface area contributed by atoms with Gasteiger partial charge in [0.15, 0.2) is 11.6 Å².